The number of hydrogen-bond acceptors (Lipinski definition) is 2. The highest BCUT2D eigenvalue weighted by atomic mass is 16.3. The van der Waals surface area contributed by atoms with Crippen molar-refractivity contribution in [2.24, 2.45) is 0 Å². The second-order valence-electron chi connectivity index (χ2n) is 4.57. The van der Waals surface area contributed by atoms with Gasteiger partial charge >= 0.3 is 0 Å². The van der Waals surface area contributed by atoms with Gasteiger partial charge in [-0.15, -0.1) is 0 Å². The highest BCUT2D eigenvalue weighted by Crippen LogP contribution is 2.38. The summed E-state index contributed by atoms with van der Waals surface area (Å²) in [4.78, 5) is 0. The van der Waals surface area contributed by atoms with Crippen LogP contribution in [-0.4, -0.2) is 5.11 Å². The lowest BCUT2D eigenvalue weighted by Crippen LogP contribution is -1.82. The fraction of sp³-hybridized carbons (Fsp3) is 0.125. The molecule has 90 valence electrons. The molecule has 0 amide bonds. The van der Waals surface area contributed by atoms with Crippen molar-refractivity contribution in [2.75, 3.05) is 0 Å². The number of para-hydroxylation sites is 1. The molecule has 0 fully saturated rings. The number of aromatic hydroxyl groups is 1. The van der Waals surface area contributed by atoms with E-state index in [4.69, 9.17) is 4.42 Å². The SMILES string of the molecule is Cc1cccc(-c2coc3cccc(C)c23)c1O. The number of fused-ring (bicyclic) bond motifs is 1. The standard InChI is InChI=1S/C16H14O2/c1-10-5-4-8-14-15(10)13(9-18-14)12-7-3-6-11(2)16(12)17/h3-9,17H,1-2H3. The zero-order valence-corrected chi connectivity index (χ0v) is 10.4. The van der Waals surface area contributed by atoms with Crippen LogP contribution in [0.1, 0.15) is 11.1 Å². The van der Waals surface area contributed by atoms with Crippen molar-refractivity contribution < 1.29 is 9.52 Å². The van der Waals surface area contributed by atoms with E-state index in [1.165, 1.54) is 0 Å². The lowest BCUT2D eigenvalue weighted by Gasteiger charge is -2.06. The Hall–Kier alpha value is -2.22. The Morgan fingerprint density at radius 2 is 1.61 bits per heavy atom. The van der Waals surface area contributed by atoms with Crippen LogP contribution in [0.4, 0.5) is 0 Å². The van der Waals surface area contributed by atoms with Gasteiger partial charge in [0.05, 0.1) is 6.26 Å². The summed E-state index contributed by atoms with van der Waals surface area (Å²) >= 11 is 0. The number of furan rings is 1. The van der Waals surface area contributed by atoms with Crippen LogP contribution in [0.3, 0.4) is 0 Å². The third kappa shape index (κ3) is 1.50. The molecule has 0 saturated heterocycles. The van der Waals surface area contributed by atoms with Gasteiger partial charge in [0.25, 0.3) is 0 Å². The third-order valence-corrected chi connectivity index (χ3v) is 3.34. The Morgan fingerprint density at radius 1 is 0.889 bits per heavy atom. The normalized spacial score (nSPS) is 11.0. The molecule has 0 aliphatic rings. The van der Waals surface area contributed by atoms with E-state index in [9.17, 15) is 5.11 Å². The molecule has 1 heterocycles. The highest BCUT2D eigenvalue weighted by Gasteiger charge is 2.13. The predicted molar refractivity (Wildman–Crippen MR) is 72.8 cm³/mol. The molecule has 0 aliphatic carbocycles. The van der Waals surface area contributed by atoms with Crippen molar-refractivity contribution >= 4 is 11.0 Å². The topological polar surface area (TPSA) is 33.4 Å². The molecule has 2 heteroatoms. The Balaban J connectivity index is 2.36. The second kappa shape index (κ2) is 3.91. The Kier molecular flexibility index (Phi) is 2.37. The average Bonchev–Trinajstić information content (AvgIpc) is 2.78. The Morgan fingerprint density at radius 3 is 2.44 bits per heavy atom. The molecule has 0 spiro atoms. The number of phenols is 1. The summed E-state index contributed by atoms with van der Waals surface area (Å²) in [5.41, 5.74) is 4.64. The van der Waals surface area contributed by atoms with Gasteiger partial charge in [0, 0.05) is 16.5 Å². The zero-order chi connectivity index (χ0) is 12.7. The van der Waals surface area contributed by atoms with Crippen molar-refractivity contribution in [1.82, 2.24) is 0 Å². The molecule has 0 radical (unpaired) electrons. The van der Waals surface area contributed by atoms with Crippen LogP contribution in [-0.2, 0) is 0 Å². The molecule has 2 aromatic carbocycles. The van der Waals surface area contributed by atoms with Crippen molar-refractivity contribution in [3.63, 3.8) is 0 Å². The molecule has 0 bridgehead atoms. The Labute approximate surface area is 105 Å². The maximum Gasteiger partial charge on any atom is 0.134 e. The van der Waals surface area contributed by atoms with Crippen molar-refractivity contribution in [3.05, 3.63) is 53.8 Å². The minimum absolute atomic E-state index is 0.323. The maximum absolute atomic E-state index is 10.2. The van der Waals surface area contributed by atoms with E-state index in [2.05, 4.69) is 0 Å². The van der Waals surface area contributed by atoms with E-state index in [0.717, 1.165) is 33.2 Å². The van der Waals surface area contributed by atoms with Gasteiger partial charge in [-0.2, -0.15) is 0 Å². The van der Waals surface area contributed by atoms with E-state index in [0.29, 0.717) is 5.75 Å². The van der Waals surface area contributed by atoms with E-state index >= 15 is 0 Å². The minimum atomic E-state index is 0.323. The van der Waals surface area contributed by atoms with Gasteiger partial charge in [-0.25, -0.2) is 0 Å². The summed E-state index contributed by atoms with van der Waals surface area (Å²) in [6.45, 7) is 3.95. The van der Waals surface area contributed by atoms with Crippen LogP contribution in [0.2, 0.25) is 0 Å². The Bertz CT molecular complexity index is 723. The molecular weight excluding hydrogens is 224 g/mol. The largest absolute Gasteiger partial charge is 0.507 e. The first-order valence-corrected chi connectivity index (χ1v) is 5.94. The molecule has 0 aliphatic heterocycles. The van der Waals surface area contributed by atoms with Gasteiger partial charge in [-0.3, -0.25) is 0 Å². The van der Waals surface area contributed by atoms with Gasteiger partial charge < -0.3 is 9.52 Å². The highest BCUT2D eigenvalue weighted by molar-refractivity contribution is 5.97. The molecule has 18 heavy (non-hydrogen) atoms. The first-order chi connectivity index (χ1) is 8.68. The molecule has 2 nitrogen and oxygen atoms in total. The molecule has 3 rings (SSSR count). The summed E-state index contributed by atoms with van der Waals surface area (Å²) < 4.78 is 5.57. The van der Waals surface area contributed by atoms with E-state index in [-0.39, 0.29) is 0 Å². The predicted octanol–water partition coefficient (Wildman–Crippen LogP) is 4.42. The number of aryl methyl sites for hydroxylation is 2. The summed E-state index contributed by atoms with van der Waals surface area (Å²) in [5, 5.41) is 11.2. The number of hydrogen-bond donors (Lipinski definition) is 1. The van der Waals surface area contributed by atoms with E-state index in [1.807, 2.05) is 50.2 Å². The van der Waals surface area contributed by atoms with E-state index < -0.39 is 0 Å². The molecule has 1 aromatic heterocycles. The van der Waals surface area contributed by atoms with Crippen molar-refractivity contribution in [1.29, 1.82) is 0 Å². The fourth-order valence-corrected chi connectivity index (χ4v) is 2.34. The van der Waals surface area contributed by atoms with Gasteiger partial charge in [0.1, 0.15) is 11.3 Å². The van der Waals surface area contributed by atoms with Crippen LogP contribution in [0, 0.1) is 13.8 Å². The zero-order valence-electron chi connectivity index (χ0n) is 10.4. The second-order valence-corrected chi connectivity index (χ2v) is 4.57. The number of phenolic OH excluding ortho intramolecular Hbond substituents is 1. The van der Waals surface area contributed by atoms with Gasteiger partial charge in [-0.05, 0) is 31.0 Å². The molecule has 0 saturated carbocycles. The van der Waals surface area contributed by atoms with Gasteiger partial charge in [0.2, 0.25) is 0 Å². The monoisotopic (exact) mass is 238 g/mol. The van der Waals surface area contributed by atoms with Crippen molar-refractivity contribution in [3.8, 4) is 16.9 Å². The van der Waals surface area contributed by atoms with Crippen LogP contribution >= 0.6 is 0 Å². The van der Waals surface area contributed by atoms with Crippen LogP contribution in [0.15, 0.2) is 47.1 Å². The first-order valence-electron chi connectivity index (χ1n) is 5.94. The van der Waals surface area contributed by atoms with Crippen LogP contribution < -0.4 is 0 Å². The maximum atomic E-state index is 10.2. The smallest absolute Gasteiger partial charge is 0.134 e. The summed E-state index contributed by atoms with van der Waals surface area (Å²) in [6, 6.07) is 11.7. The summed E-state index contributed by atoms with van der Waals surface area (Å²) in [7, 11) is 0. The summed E-state index contributed by atoms with van der Waals surface area (Å²) in [6.07, 6.45) is 1.71. The number of benzene rings is 2. The third-order valence-electron chi connectivity index (χ3n) is 3.34. The number of rotatable bonds is 1. The van der Waals surface area contributed by atoms with Crippen LogP contribution in [0.25, 0.3) is 22.1 Å². The molecule has 0 atom stereocenters. The summed E-state index contributed by atoms with van der Waals surface area (Å²) in [5.74, 6) is 0.323. The molecular formula is C16H14O2. The molecule has 0 unspecified atom stereocenters. The quantitative estimate of drug-likeness (QED) is 0.680. The fourth-order valence-electron chi connectivity index (χ4n) is 2.34. The lowest BCUT2D eigenvalue weighted by molar-refractivity contribution is 0.473. The average molecular weight is 238 g/mol. The molecule has 1 N–H and O–H groups in total. The molecule has 3 aromatic rings. The first kappa shape index (κ1) is 10.9. The van der Waals surface area contributed by atoms with Crippen LogP contribution in [0.5, 0.6) is 5.75 Å². The van der Waals surface area contributed by atoms with E-state index in [1.54, 1.807) is 6.26 Å². The lowest BCUT2D eigenvalue weighted by atomic mass is 9.99. The van der Waals surface area contributed by atoms with Gasteiger partial charge in [0.15, 0.2) is 0 Å². The van der Waals surface area contributed by atoms with Crippen molar-refractivity contribution in [2.45, 2.75) is 13.8 Å². The minimum Gasteiger partial charge on any atom is -0.507 e. The van der Waals surface area contributed by atoms with Gasteiger partial charge in [-0.1, -0.05) is 30.3 Å².